The lowest BCUT2D eigenvalue weighted by molar-refractivity contribution is 0.535. The Hall–Kier alpha value is -2.25. The van der Waals surface area contributed by atoms with E-state index in [2.05, 4.69) is 25.5 Å². The Kier molecular flexibility index (Phi) is 2.98. The van der Waals surface area contributed by atoms with Crippen LogP contribution in [0.15, 0.2) is 12.5 Å². The zero-order valence-corrected chi connectivity index (χ0v) is 10.5. The highest BCUT2D eigenvalue weighted by Gasteiger charge is 2.21. The summed E-state index contributed by atoms with van der Waals surface area (Å²) in [7, 11) is 0. The molecule has 0 bridgehead atoms. The van der Waals surface area contributed by atoms with Crippen molar-refractivity contribution in [3.8, 4) is 0 Å². The summed E-state index contributed by atoms with van der Waals surface area (Å²) < 4.78 is 15.8. The van der Waals surface area contributed by atoms with Gasteiger partial charge < -0.3 is 14.8 Å². The predicted molar refractivity (Wildman–Crippen MR) is 67.2 cm³/mol. The zero-order chi connectivity index (χ0) is 13.2. The molecule has 3 rings (SSSR count). The maximum absolute atomic E-state index is 13.9. The fourth-order valence-electron chi connectivity index (χ4n) is 2.07. The van der Waals surface area contributed by atoms with Crippen LogP contribution in [0, 0.1) is 5.82 Å². The van der Waals surface area contributed by atoms with E-state index in [9.17, 15) is 4.39 Å². The van der Waals surface area contributed by atoms with Gasteiger partial charge >= 0.3 is 0 Å². The molecule has 8 heteroatoms. The fraction of sp³-hybridized carbons (Fsp3) is 0.455. The lowest BCUT2D eigenvalue weighted by atomic mass is 10.3. The second-order valence-electron chi connectivity index (χ2n) is 4.26. The highest BCUT2D eigenvalue weighted by Crippen LogP contribution is 2.21. The number of rotatable bonds is 3. The van der Waals surface area contributed by atoms with Gasteiger partial charge in [0.05, 0.1) is 12.7 Å². The van der Waals surface area contributed by atoms with E-state index in [0.717, 1.165) is 12.4 Å². The number of hydrogen-bond donors (Lipinski definition) is 1. The average Bonchev–Trinajstić information content (AvgIpc) is 2.88. The van der Waals surface area contributed by atoms with Crippen molar-refractivity contribution >= 4 is 11.8 Å². The Morgan fingerprint density at radius 2 is 2.32 bits per heavy atom. The van der Waals surface area contributed by atoms with Gasteiger partial charge in [-0.3, -0.25) is 0 Å². The van der Waals surface area contributed by atoms with Crippen LogP contribution in [-0.2, 0) is 13.1 Å². The summed E-state index contributed by atoms with van der Waals surface area (Å²) >= 11 is 0. The molecule has 0 aromatic carbocycles. The van der Waals surface area contributed by atoms with Crippen molar-refractivity contribution in [3.63, 3.8) is 0 Å². The summed E-state index contributed by atoms with van der Waals surface area (Å²) in [6, 6.07) is 0. The summed E-state index contributed by atoms with van der Waals surface area (Å²) in [6.07, 6.45) is 2.88. The van der Waals surface area contributed by atoms with Gasteiger partial charge in [0.15, 0.2) is 17.5 Å². The monoisotopic (exact) mass is 263 g/mol. The van der Waals surface area contributed by atoms with Crippen molar-refractivity contribution < 1.29 is 4.39 Å². The highest BCUT2D eigenvalue weighted by atomic mass is 19.1. The lowest BCUT2D eigenvalue weighted by Gasteiger charge is -2.28. The summed E-state index contributed by atoms with van der Waals surface area (Å²) in [4.78, 5) is 9.96. The largest absolute Gasteiger partial charge is 0.354 e. The number of hydrogen-bond acceptors (Lipinski definition) is 6. The molecule has 1 N–H and O–H groups in total. The summed E-state index contributed by atoms with van der Waals surface area (Å²) in [6.45, 7) is 4.53. The number of nitrogens with one attached hydrogen (secondary N) is 1. The van der Waals surface area contributed by atoms with E-state index in [1.807, 2.05) is 16.4 Å². The molecule has 2 aromatic rings. The van der Waals surface area contributed by atoms with Gasteiger partial charge in [-0.2, -0.15) is 4.98 Å². The minimum Gasteiger partial charge on any atom is -0.354 e. The van der Waals surface area contributed by atoms with Gasteiger partial charge in [0.2, 0.25) is 5.95 Å². The first-order valence-electron chi connectivity index (χ1n) is 6.16. The summed E-state index contributed by atoms with van der Waals surface area (Å²) in [5, 5.41) is 10.8. The van der Waals surface area contributed by atoms with E-state index in [4.69, 9.17) is 0 Å². The molecule has 0 spiro atoms. The van der Waals surface area contributed by atoms with Crippen molar-refractivity contribution in [2.45, 2.75) is 20.0 Å². The summed E-state index contributed by atoms with van der Waals surface area (Å²) in [5.74, 6) is 1.13. The smallest absolute Gasteiger partial charge is 0.224 e. The van der Waals surface area contributed by atoms with Crippen LogP contribution in [0.3, 0.4) is 0 Å². The second-order valence-corrected chi connectivity index (χ2v) is 4.26. The Labute approximate surface area is 109 Å². The molecule has 0 amide bonds. The third kappa shape index (κ3) is 2.20. The Balaban J connectivity index is 1.88. The first-order chi connectivity index (χ1) is 9.28. The number of halogens is 1. The molecule has 3 heterocycles. The van der Waals surface area contributed by atoms with Gasteiger partial charge in [-0.25, -0.2) is 9.37 Å². The molecule has 0 saturated carbocycles. The number of anilines is 2. The van der Waals surface area contributed by atoms with Crippen LogP contribution in [-0.4, -0.2) is 37.8 Å². The lowest BCUT2D eigenvalue weighted by Crippen LogP contribution is -2.35. The van der Waals surface area contributed by atoms with E-state index in [0.29, 0.717) is 31.4 Å². The highest BCUT2D eigenvalue weighted by molar-refractivity contribution is 5.44. The number of nitrogens with zero attached hydrogens (tertiary/aromatic N) is 6. The van der Waals surface area contributed by atoms with E-state index >= 15 is 0 Å². The van der Waals surface area contributed by atoms with E-state index in [-0.39, 0.29) is 0 Å². The minimum atomic E-state index is -0.422. The Morgan fingerprint density at radius 1 is 1.42 bits per heavy atom. The first kappa shape index (κ1) is 11.8. The number of fused-ring (bicyclic) bond motifs is 1. The van der Waals surface area contributed by atoms with Crippen LogP contribution in [0.5, 0.6) is 0 Å². The topological polar surface area (TPSA) is 71.8 Å². The summed E-state index contributed by atoms with van der Waals surface area (Å²) in [5.41, 5.74) is 0. The SMILES string of the molecule is CCNc1ncc(F)c(N2CCn3cnnc3C2)n1. The van der Waals surface area contributed by atoms with E-state index in [1.54, 1.807) is 6.33 Å². The Bertz CT molecular complexity index is 582. The standard InChI is InChI=1S/C11H14FN7/c1-2-13-11-14-5-8(12)10(16-11)18-3-4-19-7-15-17-9(19)6-18/h5,7H,2-4,6H2,1H3,(H,13,14,16). The van der Waals surface area contributed by atoms with Crippen molar-refractivity contribution in [2.24, 2.45) is 0 Å². The average molecular weight is 263 g/mol. The maximum atomic E-state index is 13.9. The molecule has 1 aliphatic rings. The molecule has 100 valence electrons. The molecule has 0 saturated heterocycles. The van der Waals surface area contributed by atoms with Gasteiger partial charge in [-0.1, -0.05) is 0 Å². The minimum absolute atomic E-state index is 0.306. The van der Waals surface area contributed by atoms with Crippen LogP contribution >= 0.6 is 0 Å². The molecule has 7 nitrogen and oxygen atoms in total. The third-order valence-corrected chi connectivity index (χ3v) is 3.00. The first-order valence-corrected chi connectivity index (χ1v) is 6.16. The molecular formula is C11H14FN7. The van der Waals surface area contributed by atoms with Crippen molar-refractivity contribution in [1.29, 1.82) is 0 Å². The maximum Gasteiger partial charge on any atom is 0.224 e. The van der Waals surface area contributed by atoms with Crippen LogP contribution < -0.4 is 10.2 Å². The van der Waals surface area contributed by atoms with Crippen LogP contribution in [0.25, 0.3) is 0 Å². The normalized spacial score (nSPS) is 14.3. The molecule has 0 unspecified atom stereocenters. The quantitative estimate of drug-likeness (QED) is 0.877. The van der Waals surface area contributed by atoms with Gasteiger partial charge in [0.25, 0.3) is 0 Å². The van der Waals surface area contributed by atoms with Gasteiger partial charge in [-0.15, -0.1) is 10.2 Å². The van der Waals surface area contributed by atoms with Crippen LogP contribution in [0.1, 0.15) is 12.7 Å². The number of aromatic nitrogens is 5. The molecule has 0 atom stereocenters. The molecule has 19 heavy (non-hydrogen) atoms. The predicted octanol–water partition coefficient (Wildman–Crippen LogP) is 0.659. The van der Waals surface area contributed by atoms with E-state index < -0.39 is 5.82 Å². The van der Waals surface area contributed by atoms with Gasteiger partial charge in [0, 0.05) is 19.6 Å². The van der Waals surface area contributed by atoms with Crippen LogP contribution in [0.2, 0.25) is 0 Å². The molecule has 0 fully saturated rings. The van der Waals surface area contributed by atoms with Crippen molar-refractivity contribution in [2.75, 3.05) is 23.3 Å². The molecule has 1 aliphatic heterocycles. The van der Waals surface area contributed by atoms with Crippen molar-refractivity contribution in [3.05, 3.63) is 24.2 Å². The fourth-order valence-corrected chi connectivity index (χ4v) is 2.07. The Morgan fingerprint density at radius 3 is 3.16 bits per heavy atom. The third-order valence-electron chi connectivity index (χ3n) is 3.00. The second kappa shape index (κ2) is 4.79. The zero-order valence-electron chi connectivity index (χ0n) is 10.5. The van der Waals surface area contributed by atoms with Gasteiger partial charge in [0.1, 0.15) is 6.33 Å². The molecule has 2 aromatic heterocycles. The van der Waals surface area contributed by atoms with E-state index in [1.165, 1.54) is 6.20 Å². The molecular weight excluding hydrogens is 249 g/mol. The van der Waals surface area contributed by atoms with Gasteiger partial charge in [-0.05, 0) is 6.92 Å². The van der Waals surface area contributed by atoms with Crippen LogP contribution in [0.4, 0.5) is 16.2 Å². The molecule has 0 radical (unpaired) electrons. The molecule has 0 aliphatic carbocycles. The van der Waals surface area contributed by atoms with Crippen molar-refractivity contribution in [1.82, 2.24) is 24.7 Å².